The van der Waals surface area contributed by atoms with Crippen LogP contribution in [-0.2, 0) is 9.53 Å². The van der Waals surface area contributed by atoms with E-state index in [1.54, 1.807) is 17.0 Å². The molecule has 0 aromatic heterocycles. The number of carbonyl (C=O) groups is 2. The monoisotopic (exact) mass is 347 g/mol. The second-order valence-electron chi connectivity index (χ2n) is 6.72. The number of benzene rings is 1. The van der Waals surface area contributed by atoms with E-state index in [1.807, 2.05) is 26.0 Å². The van der Waals surface area contributed by atoms with Gasteiger partial charge in [-0.2, -0.15) is 0 Å². The highest BCUT2D eigenvalue weighted by atomic mass is 16.5. The SMILES string of the molecule is CC(C)OCCCNC(=O)C1CCN(C(=O)c2ccccc2N)CC1. The standard InChI is InChI=1S/C19H29N3O3/c1-14(2)25-13-5-10-21-18(23)15-8-11-22(12-9-15)19(24)16-6-3-4-7-17(16)20/h3-4,6-7,14-15H,5,8-13,20H2,1-2H3,(H,21,23). The third-order valence-electron chi connectivity index (χ3n) is 4.42. The summed E-state index contributed by atoms with van der Waals surface area (Å²) in [5.74, 6) is 0.00171. The van der Waals surface area contributed by atoms with Crippen molar-refractivity contribution in [3.8, 4) is 0 Å². The molecule has 1 heterocycles. The molecular weight excluding hydrogens is 318 g/mol. The zero-order chi connectivity index (χ0) is 18.2. The highest BCUT2D eigenvalue weighted by molar-refractivity contribution is 5.99. The van der Waals surface area contributed by atoms with Gasteiger partial charge in [0, 0.05) is 37.8 Å². The zero-order valence-corrected chi connectivity index (χ0v) is 15.2. The fourth-order valence-corrected chi connectivity index (χ4v) is 2.95. The summed E-state index contributed by atoms with van der Waals surface area (Å²) >= 11 is 0. The van der Waals surface area contributed by atoms with Crippen LogP contribution in [-0.4, -0.2) is 49.1 Å². The van der Waals surface area contributed by atoms with Crippen LogP contribution < -0.4 is 11.1 Å². The van der Waals surface area contributed by atoms with Gasteiger partial charge in [-0.05, 0) is 45.2 Å². The molecule has 138 valence electrons. The lowest BCUT2D eigenvalue weighted by Crippen LogP contribution is -2.43. The van der Waals surface area contributed by atoms with E-state index in [-0.39, 0.29) is 23.8 Å². The maximum absolute atomic E-state index is 12.5. The Labute approximate surface area is 149 Å². The first kappa shape index (κ1) is 19.2. The summed E-state index contributed by atoms with van der Waals surface area (Å²) in [5, 5.41) is 2.97. The van der Waals surface area contributed by atoms with Crippen LogP contribution in [0.25, 0.3) is 0 Å². The molecule has 1 saturated heterocycles. The van der Waals surface area contributed by atoms with Gasteiger partial charge in [-0.15, -0.1) is 0 Å². The van der Waals surface area contributed by atoms with Gasteiger partial charge in [0.1, 0.15) is 0 Å². The summed E-state index contributed by atoms with van der Waals surface area (Å²) in [6.07, 6.45) is 2.41. The van der Waals surface area contributed by atoms with Crippen molar-refractivity contribution in [2.24, 2.45) is 5.92 Å². The van der Waals surface area contributed by atoms with Gasteiger partial charge in [0.2, 0.25) is 5.91 Å². The van der Waals surface area contributed by atoms with Crippen molar-refractivity contribution in [3.63, 3.8) is 0 Å². The number of anilines is 1. The van der Waals surface area contributed by atoms with E-state index in [2.05, 4.69) is 5.32 Å². The van der Waals surface area contributed by atoms with Crippen molar-refractivity contribution in [2.45, 2.75) is 39.2 Å². The number of amides is 2. The minimum atomic E-state index is -0.0530. The maximum Gasteiger partial charge on any atom is 0.255 e. The number of likely N-dealkylation sites (tertiary alicyclic amines) is 1. The lowest BCUT2D eigenvalue weighted by Gasteiger charge is -2.31. The van der Waals surface area contributed by atoms with E-state index in [9.17, 15) is 9.59 Å². The van der Waals surface area contributed by atoms with Crippen LogP contribution in [0.1, 0.15) is 43.5 Å². The molecule has 0 atom stereocenters. The average molecular weight is 347 g/mol. The molecule has 0 radical (unpaired) electrons. The number of nitrogens with two attached hydrogens (primary N) is 1. The molecule has 6 nitrogen and oxygen atoms in total. The Kier molecular flexibility index (Phi) is 7.25. The van der Waals surface area contributed by atoms with Gasteiger partial charge in [-0.25, -0.2) is 0 Å². The van der Waals surface area contributed by atoms with Crippen LogP contribution in [0.2, 0.25) is 0 Å². The zero-order valence-electron chi connectivity index (χ0n) is 15.2. The molecule has 0 spiro atoms. The molecule has 3 N–H and O–H groups in total. The van der Waals surface area contributed by atoms with Gasteiger partial charge in [-0.3, -0.25) is 9.59 Å². The largest absolute Gasteiger partial charge is 0.398 e. The number of para-hydroxylation sites is 1. The van der Waals surface area contributed by atoms with E-state index in [0.717, 1.165) is 6.42 Å². The van der Waals surface area contributed by atoms with E-state index in [0.29, 0.717) is 50.3 Å². The number of carbonyl (C=O) groups excluding carboxylic acids is 2. The number of hydrogen-bond donors (Lipinski definition) is 2. The van der Waals surface area contributed by atoms with Crippen LogP contribution in [0.5, 0.6) is 0 Å². The molecule has 25 heavy (non-hydrogen) atoms. The Hall–Kier alpha value is -2.08. The summed E-state index contributed by atoms with van der Waals surface area (Å²) in [5.41, 5.74) is 6.91. The quantitative estimate of drug-likeness (QED) is 0.584. The van der Waals surface area contributed by atoms with Crippen molar-refractivity contribution in [2.75, 3.05) is 32.0 Å². The highest BCUT2D eigenvalue weighted by Crippen LogP contribution is 2.21. The van der Waals surface area contributed by atoms with Gasteiger partial charge in [0.15, 0.2) is 0 Å². The van der Waals surface area contributed by atoms with Crippen LogP contribution >= 0.6 is 0 Å². The molecule has 1 aliphatic heterocycles. The summed E-state index contributed by atoms with van der Waals surface area (Å²) in [6, 6.07) is 7.10. The number of nitrogen functional groups attached to an aromatic ring is 1. The van der Waals surface area contributed by atoms with E-state index < -0.39 is 0 Å². The average Bonchev–Trinajstić information content (AvgIpc) is 2.61. The Bertz CT molecular complexity index is 581. The molecule has 6 heteroatoms. The second-order valence-corrected chi connectivity index (χ2v) is 6.72. The minimum absolute atomic E-state index is 0.0248. The normalized spacial score (nSPS) is 15.4. The smallest absolute Gasteiger partial charge is 0.255 e. The minimum Gasteiger partial charge on any atom is -0.398 e. The molecule has 0 unspecified atom stereocenters. The summed E-state index contributed by atoms with van der Waals surface area (Å²) < 4.78 is 5.46. The van der Waals surface area contributed by atoms with E-state index >= 15 is 0 Å². The van der Waals surface area contributed by atoms with Crippen LogP contribution in [0.3, 0.4) is 0 Å². The first-order valence-electron chi connectivity index (χ1n) is 9.02. The number of nitrogens with one attached hydrogen (secondary N) is 1. The molecule has 0 saturated carbocycles. The Balaban J connectivity index is 1.73. The molecule has 0 aliphatic carbocycles. The Morgan fingerprint density at radius 2 is 1.96 bits per heavy atom. The van der Waals surface area contributed by atoms with Crippen molar-refractivity contribution in [1.29, 1.82) is 0 Å². The van der Waals surface area contributed by atoms with E-state index in [4.69, 9.17) is 10.5 Å². The molecule has 1 fully saturated rings. The summed E-state index contributed by atoms with van der Waals surface area (Å²) in [4.78, 5) is 26.5. The topological polar surface area (TPSA) is 84.7 Å². The van der Waals surface area contributed by atoms with E-state index in [1.165, 1.54) is 0 Å². The lowest BCUT2D eigenvalue weighted by molar-refractivity contribution is -0.126. The maximum atomic E-state index is 12.5. The molecule has 1 aliphatic rings. The van der Waals surface area contributed by atoms with Gasteiger partial charge < -0.3 is 20.7 Å². The number of ether oxygens (including phenoxy) is 1. The molecule has 2 amide bonds. The Morgan fingerprint density at radius 1 is 1.28 bits per heavy atom. The third kappa shape index (κ3) is 5.74. The second kappa shape index (κ2) is 9.42. The number of hydrogen-bond acceptors (Lipinski definition) is 4. The summed E-state index contributed by atoms with van der Waals surface area (Å²) in [7, 11) is 0. The number of nitrogens with zero attached hydrogens (tertiary/aromatic N) is 1. The first-order chi connectivity index (χ1) is 12.0. The number of rotatable bonds is 7. The predicted octanol–water partition coefficient (Wildman–Crippen LogP) is 2.05. The van der Waals surface area contributed by atoms with Crippen LogP contribution in [0.4, 0.5) is 5.69 Å². The van der Waals surface area contributed by atoms with Gasteiger partial charge in [0.05, 0.1) is 11.7 Å². The molecular formula is C19H29N3O3. The fourth-order valence-electron chi connectivity index (χ4n) is 2.95. The first-order valence-corrected chi connectivity index (χ1v) is 9.02. The van der Waals surface area contributed by atoms with Crippen molar-refractivity contribution in [3.05, 3.63) is 29.8 Å². The molecule has 0 bridgehead atoms. The molecule has 1 aromatic carbocycles. The number of piperidine rings is 1. The molecule has 1 aromatic rings. The van der Waals surface area contributed by atoms with Gasteiger partial charge >= 0.3 is 0 Å². The van der Waals surface area contributed by atoms with Gasteiger partial charge in [-0.1, -0.05) is 12.1 Å². The molecule has 2 rings (SSSR count). The predicted molar refractivity (Wildman–Crippen MR) is 98.2 cm³/mol. The van der Waals surface area contributed by atoms with Gasteiger partial charge in [0.25, 0.3) is 5.91 Å². The van der Waals surface area contributed by atoms with Crippen LogP contribution in [0.15, 0.2) is 24.3 Å². The lowest BCUT2D eigenvalue weighted by atomic mass is 9.95. The fraction of sp³-hybridized carbons (Fsp3) is 0.579. The van der Waals surface area contributed by atoms with Crippen molar-refractivity contribution >= 4 is 17.5 Å². The van der Waals surface area contributed by atoms with Crippen molar-refractivity contribution < 1.29 is 14.3 Å². The van der Waals surface area contributed by atoms with Crippen LogP contribution in [0, 0.1) is 5.92 Å². The van der Waals surface area contributed by atoms with Crippen molar-refractivity contribution in [1.82, 2.24) is 10.2 Å². The highest BCUT2D eigenvalue weighted by Gasteiger charge is 2.28. The third-order valence-corrected chi connectivity index (χ3v) is 4.42. The Morgan fingerprint density at radius 3 is 2.60 bits per heavy atom. The summed E-state index contributed by atoms with van der Waals surface area (Å²) in [6.45, 7) is 6.45.